The van der Waals surface area contributed by atoms with Crippen molar-refractivity contribution < 1.29 is 330 Å². The first-order valence-corrected chi connectivity index (χ1v) is 12.4. The Balaban J connectivity index is -0.00000000210. The molecule has 0 fully saturated rings. The van der Waals surface area contributed by atoms with Gasteiger partial charge in [0.2, 0.25) is 0 Å². The van der Waals surface area contributed by atoms with Crippen LogP contribution in [-0.4, -0.2) is 123 Å². The molecule has 0 aliphatic carbocycles. The summed E-state index contributed by atoms with van der Waals surface area (Å²) in [4.78, 5) is 45.0. The molecular weight excluding hydrogens is 2880 g/mol. The van der Waals surface area contributed by atoms with Crippen molar-refractivity contribution in [3.05, 3.63) is 88.8 Å². The van der Waals surface area contributed by atoms with Gasteiger partial charge in [0.05, 0.1) is 28.4 Å². The van der Waals surface area contributed by atoms with E-state index in [0.717, 1.165) is 0 Å². The largest absolute Gasteiger partial charge is 0.397 e. The summed E-state index contributed by atoms with van der Waals surface area (Å²) in [5, 5.41) is 58.6. The molecule has 530 valence electrons. The Kier molecular flexibility index (Phi) is 17900. The number of hydrogen-bond acceptors (Lipinski definition) is 16. The van der Waals surface area contributed by atoms with Gasteiger partial charge in [-0.05, 0) is 27.7 Å². The first-order chi connectivity index (χ1) is 22.7. The Morgan fingerprint density at radius 3 is 0.266 bits per heavy atom. The molecule has 0 radical (unpaired) electrons. The van der Waals surface area contributed by atoms with E-state index >= 15 is 0 Å². The minimum atomic E-state index is 0. The summed E-state index contributed by atoms with van der Waals surface area (Å²) in [6.07, 6.45) is 1.25. The first-order valence-electron chi connectivity index (χ1n) is 12.4. The Bertz CT molecular complexity index is 189. The quantitative estimate of drug-likeness (QED) is 0.0485. The molecule has 0 atom stereocenters. The summed E-state index contributed by atoms with van der Waals surface area (Å²) < 4.78 is 0. The van der Waals surface area contributed by atoms with Crippen LogP contribution < -0.4 is 0 Å². The zero-order chi connectivity index (χ0) is 44.4. The predicted molar refractivity (Wildman–Crippen MR) is 355 cm³/mol. The topological polar surface area (TPSA) is 267 Å². The second kappa shape index (κ2) is 2690. The number of aliphatic hydroxyl groups excluding tert-OH is 4. The van der Waals surface area contributed by atoms with Gasteiger partial charge in [-0.25, -0.2) is 19.6 Å². The van der Waals surface area contributed by atoms with Gasteiger partial charge in [-0.3, -0.25) is 21.0 Å². The van der Waals surface area contributed by atoms with Crippen LogP contribution in [-0.2, 0) is 102 Å². The minimum Gasteiger partial charge on any atom is -0.397 e. The summed E-state index contributed by atoms with van der Waals surface area (Å²) in [7, 11) is 4.72. The molecule has 0 aliphatic heterocycles. The molecule has 0 spiro atoms. The van der Waals surface area contributed by atoms with Crippen LogP contribution >= 0.6 is 0 Å². The van der Waals surface area contributed by atoms with Crippen molar-refractivity contribution in [3.8, 4) is 0 Å². The van der Waals surface area contributed by atoms with Crippen LogP contribution in [0.2, 0.25) is 0 Å². The normalized spacial score (nSPS) is 2.61. The predicted octanol–water partition coefficient (Wildman–Crippen LogP) is 20.0. The second-order valence-corrected chi connectivity index (χ2v) is 2.70. The van der Waals surface area contributed by atoms with E-state index in [9.17, 15) is 0 Å². The molecule has 0 saturated heterocycles. The molecule has 0 heterocycles. The van der Waals surface area contributed by atoms with Gasteiger partial charge >= 0.3 is 0 Å². The van der Waals surface area contributed by atoms with Crippen molar-refractivity contribution in [1.82, 2.24) is 0 Å². The van der Waals surface area contributed by atoms with Crippen molar-refractivity contribution in [1.29, 1.82) is 0 Å². The van der Waals surface area contributed by atoms with Crippen molar-refractivity contribution in [2.24, 2.45) is 0 Å². The summed E-state index contributed by atoms with van der Waals surface area (Å²) in [5.41, 5.74) is 0. The van der Waals surface area contributed by atoms with Gasteiger partial charge in [0, 0.05) is 276 Å². The standard InChI is InChI=1S/C3H8.4C2H6O.2C2H5.4C2H4.4CH4O2.4CH2O.20CH4.3CH3.6U.3W/c1-3-2;4*1-2-3;6*1-2;4*1-3-2;4*1-2;;;;;;;;;;;;;;;;;;;;;;;;;;;;;;;;/h3H2,1-2H3;4*3H,2H2,1H3;2*1H2,2H3;4*1-2H2;4*2H,1H3;4*1H2;20*1H4;3*1H3;;;;;;;;;/q;;;;;2*-1;;;;;;;;;;;;;;;;;;;;;;;;;;;;;;;;;3*-1;;;;;;;;;. The molecular formula is C54H171O16U6W3-5. The van der Waals surface area contributed by atoms with Gasteiger partial charge in [-0.15, -0.1) is 52.6 Å². The van der Waals surface area contributed by atoms with E-state index in [2.05, 4.69) is 99.9 Å². The van der Waals surface area contributed by atoms with E-state index in [1.165, 1.54) is 34.9 Å². The van der Waals surface area contributed by atoms with Crippen LogP contribution in [0.1, 0.15) is 210 Å². The van der Waals surface area contributed by atoms with Crippen LogP contribution in [0.3, 0.4) is 0 Å². The summed E-state index contributed by atoms with van der Waals surface area (Å²) >= 11 is 0. The van der Waals surface area contributed by atoms with Crippen molar-refractivity contribution >= 4 is 27.2 Å². The molecule has 0 saturated carbocycles. The van der Waals surface area contributed by atoms with Gasteiger partial charge < -0.3 is 75.7 Å². The van der Waals surface area contributed by atoms with E-state index < -0.39 is 0 Å². The average Bonchev–Trinajstić information content (AvgIpc) is 3.13. The summed E-state index contributed by atoms with van der Waals surface area (Å²) in [6.45, 7) is 54.0. The van der Waals surface area contributed by atoms with E-state index in [0.29, 0.717) is 0 Å². The average molecular weight is 3060 g/mol. The Morgan fingerprint density at radius 2 is 0.266 bits per heavy atom. The van der Waals surface area contributed by atoms with Gasteiger partial charge in [0.15, 0.2) is 0 Å². The fraction of sp³-hybridized carbons (Fsp3) is 0.685. The van der Waals surface area contributed by atoms with Gasteiger partial charge in [-0.1, -0.05) is 169 Å². The van der Waals surface area contributed by atoms with Crippen molar-refractivity contribution in [2.45, 2.75) is 210 Å². The molecule has 0 aliphatic rings. The molecule has 0 amide bonds. The fourth-order valence-corrected chi connectivity index (χ4v) is 0. The zero-order valence-corrected chi connectivity index (χ0v) is 73.3. The SMILES string of the molecule is C.C.C.C.C.C.C.C.C.C.C.C.C.C.C.C.C.C.C.C.C=C.C=C.C=C.C=C.C=O.C=O.C=O.C=O.CCC.CCO.CCO.CCO.CCO.COO.COO.COO.COO.[CH2-]C.[CH2-]C.[CH3-].[CH3-].[CH3-].[U].[U].[U].[U].[U].[U].[W].[W].[W]. The maximum atomic E-state index is 8.00. The molecule has 0 unspecified atom stereocenters. The van der Waals surface area contributed by atoms with Crippen LogP contribution in [0, 0.1) is 223 Å². The number of aliphatic hydroxyl groups is 4. The van der Waals surface area contributed by atoms with E-state index in [-0.39, 0.29) is 447 Å². The first kappa shape index (κ1) is 525. The molecule has 8 N–H and O–H groups in total. The number of carbonyl (C=O) groups is 4. The van der Waals surface area contributed by atoms with Crippen LogP contribution in [0.15, 0.2) is 52.6 Å². The van der Waals surface area contributed by atoms with E-state index in [1.807, 2.05) is 27.2 Å². The zero-order valence-electron chi connectivity index (χ0n) is 39.5. The summed E-state index contributed by atoms with van der Waals surface area (Å²) in [6, 6.07) is 0. The fourth-order valence-electron chi connectivity index (χ4n) is 0. The number of carbonyl (C=O) groups excluding carboxylic acids is 4. The Hall–Kier alpha value is 5.54. The van der Waals surface area contributed by atoms with Crippen molar-refractivity contribution in [3.63, 3.8) is 0 Å². The number of rotatable bonds is 0. The van der Waals surface area contributed by atoms with Gasteiger partial charge in [0.1, 0.15) is 27.2 Å². The van der Waals surface area contributed by atoms with E-state index in [4.69, 9.17) is 60.6 Å². The monoisotopic (exact) mass is 3060 g/mol. The van der Waals surface area contributed by atoms with Crippen molar-refractivity contribution in [2.75, 3.05) is 54.9 Å². The van der Waals surface area contributed by atoms with Gasteiger partial charge in [0.25, 0.3) is 0 Å². The molecule has 0 rings (SSSR count). The third-order valence-electron chi connectivity index (χ3n) is 0. The van der Waals surface area contributed by atoms with Crippen LogP contribution in [0.5, 0.6) is 0 Å². The van der Waals surface area contributed by atoms with E-state index in [1.54, 1.807) is 41.5 Å². The molecule has 0 aromatic carbocycles. The maximum Gasteiger partial charge on any atom is 0.106 e. The minimum absolute atomic E-state index is 0. The third kappa shape index (κ3) is 18100. The van der Waals surface area contributed by atoms with Gasteiger partial charge in [-0.2, -0.15) is 13.8 Å². The molecule has 0 aromatic rings. The maximum absolute atomic E-state index is 8.00. The van der Waals surface area contributed by atoms with Crippen LogP contribution in [0.4, 0.5) is 0 Å². The third-order valence-corrected chi connectivity index (χ3v) is 0. The molecule has 79 heavy (non-hydrogen) atoms. The Morgan fingerprint density at radius 1 is 0.266 bits per heavy atom. The molecule has 0 bridgehead atoms. The molecule has 16 nitrogen and oxygen atoms in total. The summed E-state index contributed by atoms with van der Waals surface area (Å²) in [5.74, 6) is 0. The second-order valence-electron chi connectivity index (χ2n) is 2.70. The number of hydrogen-bond donors (Lipinski definition) is 8. The smallest absolute Gasteiger partial charge is 0.106 e. The molecule has 0 aromatic heterocycles. The van der Waals surface area contributed by atoms with Crippen LogP contribution in [0.25, 0.3) is 0 Å². The molecule has 25 heteroatoms. The Labute approximate surface area is 700 Å².